The van der Waals surface area contributed by atoms with Gasteiger partial charge in [-0.05, 0) is 30.7 Å². The molecule has 0 aliphatic rings. The SMILES string of the molecule is Cc1ccc(CS(=O)(=O)c2ncc(Cl)c(C(=O)Nc3cccc(C(F)(F)F)c3)n2)cc1. The van der Waals surface area contributed by atoms with Gasteiger partial charge in [0.15, 0.2) is 5.69 Å². The van der Waals surface area contributed by atoms with E-state index in [0.717, 1.165) is 30.0 Å². The maximum atomic E-state index is 12.9. The van der Waals surface area contributed by atoms with Crippen molar-refractivity contribution in [3.05, 3.63) is 82.1 Å². The maximum absolute atomic E-state index is 12.9. The molecule has 0 saturated carbocycles. The molecule has 1 amide bonds. The average molecular weight is 470 g/mol. The number of carbonyl (C=O) groups excluding carboxylic acids is 1. The fourth-order valence-electron chi connectivity index (χ4n) is 2.59. The Balaban J connectivity index is 1.86. The lowest BCUT2D eigenvalue weighted by Gasteiger charge is -2.11. The first kappa shape index (κ1) is 22.7. The zero-order chi connectivity index (χ0) is 22.8. The molecule has 0 bridgehead atoms. The molecule has 0 spiro atoms. The van der Waals surface area contributed by atoms with Crippen LogP contribution in [0.5, 0.6) is 0 Å². The van der Waals surface area contributed by atoms with Crippen LogP contribution in [0.3, 0.4) is 0 Å². The Labute approximate surface area is 181 Å². The van der Waals surface area contributed by atoms with E-state index in [9.17, 15) is 26.4 Å². The highest BCUT2D eigenvalue weighted by Crippen LogP contribution is 2.31. The number of sulfone groups is 1. The van der Waals surface area contributed by atoms with Gasteiger partial charge in [-0.1, -0.05) is 47.5 Å². The zero-order valence-corrected chi connectivity index (χ0v) is 17.5. The molecule has 2 aromatic carbocycles. The molecule has 3 rings (SSSR count). The number of alkyl halides is 3. The van der Waals surface area contributed by atoms with Gasteiger partial charge >= 0.3 is 6.18 Å². The number of benzene rings is 2. The molecule has 0 aliphatic heterocycles. The maximum Gasteiger partial charge on any atom is 0.416 e. The molecule has 0 fully saturated rings. The molecule has 1 N–H and O–H groups in total. The number of rotatable bonds is 5. The topological polar surface area (TPSA) is 89.0 Å². The monoisotopic (exact) mass is 469 g/mol. The van der Waals surface area contributed by atoms with Gasteiger partial charge in [-0.25, -0.2) is 18.4 Å². The van der Waals surface area contributed by atoms with Crippen molar-refractivity contribution < 1.29 is 26.4 Å². The predicted octanol–water partition coefficient (Wildman–Crippen LogP) is 4.68. The van der Waals surface area contributed by atoms with E-state index in [4.69, 9.17) is 11.6 Å². The average Bonchev–Trinajstić information content (AvgIpc) is 2.69. The molecule has 0 saturated heterocycles. The second-order valence-electron chi connectivity index (χ2n) is 6.63. The summed E-state index contributed by atoms with van der Waals surface area (Å²) in [5.74, 6) is -1.37. The van der Waals surface area contributed by atoms with E-state index in [0.29, 0.717) is 5.56 Å². The Hall–Kier alpha value is -2.98. The van der Waals surface area contributed by atoms with Gasteiger partial charge in [0.1, 0.15) is 0 Å². The highest BCUT2D eigenvalue weighted by atomic mass is 35.5. The fourth-order valence-corrected chi connectivity index (χ4v) is 3.97. The van der Waals surface area contributed by atoms with Gasteiger partial charge < -0.3 is 5.32 Å². The van der Waals surface area contributed by atoms with Crippen molar-refractivity contribution >= 4 is 33.0 Å². The minimum Gasteiger partial charge on any atom is -0.321 e. The first-order valence-electron chi connectivity index (χ1n) is 8.75. The number of aromatic nitrogens is 2. The van der Waals surface area contributed by atoms with Gasteiger partial charge in [-0.3, -0.25) is 4.79 Å². The minimum atomic E-state index is -4.59. The Morgan fingerprint density at radius 1 is 1.13 bits per heavy atom. The highest BCUT2D eigenvalue weighted by molar-refractivity contribution is 7.90. The van der Waals surface area contributed by atoms with Crippen LogP contribution in [0, 0.1) is 6.92 Å². The van der Waals surface area contributed by atoms with Crippen LogP contribution in [0.1, 0.15) is 27.2 Å². The quantitative estimate of drug-likeness (QED) is 0.548. The molecule has 3 aromatic rings. The standard InChI is InChI=1S/C20H15ClF3N3O3S/c1-12-5-7-13(8-6-12)11-31(29,30)19-25-10-16(21)17(27-19)18(28)26-15-4-2-3-14(9-15)20(22,23)24/h2-10H,11H2,1H3,(H,26,28). The van der Waals surface area contributed by atoms with Crippen molar-refractivity contribution in [1.29, 1.82) is 0 Å². The number of carbonyl (C=O) groups is 1. The number of anilines is 1. The van der Waals surface area contributed by atoms with E-state index >= 15 is 0 Å². The lowest BCUT2D eigenvalue weighted by molar-refractivity contribution is -0.137. The summed E-state index contributed by atoms with van der Waals surface area (Å²) in [6.45, 7) is 1.86. The molecule has 0 aliphatic carbocycles. The summed E-state index contributed by atoms with van der Waals surface area (Å²) in [7, 11) is -4.01. The van der Waals surface area contributed by atoms with Gasteiger partial charge in [0.05, 0.1) is 22.5 Å². The second kappa shape index (κ2) is 8.64. The Kier molecular flexibility index (Phi) is 6.33. The summed E-state index contributed by atoms with van der Waals surface area (Å²) in [6.07, 6.45) is -3.64. The zero-order valence-electron chi connectivity index (χ0n) is 15.9. The fraction of sp³-hybridized carbons (Fsp3) is 0.150. The Morgan fingerprint density at radius 3 is 2.45 bits per heavy atom. The van der Waals surface area contributed by atoms with E-state index in [2.05, 4.69) is 15.3 Å². The highest BCUT2D eigenvalue weighted by Gasteiger charge is 2.30. The summed E-state index contributed by atoms with van der Waals surface area (Å²) in [5, 5.41) is 1.37. The first-order valence-corrected chi connectivity index (χ1v) is 10.8. The van der Waals surface area contributed by atoms with Crippen LogP contribution in [0.4, 0.5) is 18.9 Å². The minimum absolute atomic E-state index is 0.154. The van der Waals surface area contributed by atoms with Crippen LogP contribution in [0.15, 0.2) is 59.9 Å². The molecule has 31 heavy (non-hydrogen) atoms. The molecule has 0 radical (unpaired) electrons. The number of hydrogen-bond donors (Lipinski definition) is 1. The third kappa shape index (κ3) is 5.59. The summed E-state index contributed by atoms with van der Waals surface area (Å²) in [5.41, 5.74) is -0.132. The number of hydrogen-bond acceptors (Lipinski definition) is 5. The van der Waals surface area contributed by atoms with E-state index in [1.54, 1.807) is 24.3 Å². The van der Waals surface area contributed by atoms with E-state index in [1.165, 1.54) is 6.07 Å². The van der Waals surface area contributed by atoms with Crippen molar-refractivity contribution in [2.75, 3.05) is 5.32 Å². The summed E-state index contributed by atoms with van der Waals surface area (Å²) >= 11 is 5.93. The van der Waals surface area contributed by atoms with Crippen molar-refractivity contribution in [2.45, 2.75) is 24.0 Å². The van der Waals surface area contributed by atoms with Gasteiger partial charge in [-0.2, -0.15) is 13.2 Å². The number of halogens is 4. The van der Waals surface area contributed by atoms with E-state index in [1.807, 2.05) is 6.92 Å². The number of aryl methyl sites for hydroxylation is 1. The largest absolute Gasteiger partial charge is 0.416 e. The van der Waals surface area contributed by atoms with Crippen LogP contribution < -0.4 is 5.32 Å². The molecule has 1 heterocycles. The van der Waals surface area contributed by atoms with Gasteiger partial charge in [0.25, 0.3) is 5.91 Å². The lowest BCUT2D eigenvalue weighted by atomic mass is 10.2. The predicted molar refractivity (Wildman–Crippen MR) is 109 cm³/mol. The smallest absolute Gasteiger partial charge is 0.321 e. The van der Waals surface area contributed by atoms with Crippen LogP contribution in [0.2, 0.25) is 5.02 Å². The van der Waals surface area contributed by atoms with Crippen molar-refractivity contribution in [2.24, 2.45) is 0 Å². The summed E-state index contributed by atoms with van der Waals surface area (Å²) in [6, 6.07) is 10.7. The van der Waals surface area contributed by atoms with Crippen LogP contribution in [-0.2, 0) is 21.8 Å². The van der Waals surface area contributed by atoms with Crippen LogP contribution in [0.25, 0.3) is 0 Å². The van der Waals surface area contributed by atoms with Crippen LogP contribution >= 0.6 is 11.6 Å². The van der Waals surface area contributed by atoms with Crippen molar-refractivity contribution in [3.8, 4) is 0 Å². The third-order valence-electron chi connectivity index (χ3n) is 4.14. The summed E-state index contributed by atoms with van der Waals surface area (Å²) in [4.78, 5) is 20.0. The normalized spacial score (nSPS) is 11.9. The first-order chi connectivity index (χ1) is 14.5. The molecule has 0 unspecified atom stereocenters. The number of nitrogens with one attached hydrogen (secondary N) is 1. The number of nitrogens with zero attached hydrogens (tertiary/aromatic N) is 2. The van der Waals surface area contributed by atoms with Gasteiger partial charge in [0.2, 0.25) is 15.0 Å². The molecule has 11 heteroatoms. The molecule has 6 nitrogen and oxygen atoms in total. The molecule has 162 valence electrons. The Bertz CT molecular complexity index is 1230. The Morgan fingerprint density at radius 2 is 1.81 bits per heavy atom. The molecule has 1 aromatic heterocycles. The van der Waals surface area contributed by atoms with Crippen molar-refractivity contribution in [1.82, 2.24) is 9.97 Å². The van der Waals surface area contributed by atoms with Crippen LogP contribution in [-0.4, -0.2) is 24.3 Å². The van der Waals surface area contributed by atoms with E-state index in [-0.39, 0.29) is 10.7 Å². The third-order valence-corrected chi connectivity index (χ3v) is 5.88. The van der Waals surface area contributed by atoms with Crippen molar-refractivity contribution in [3.63, 3.8) is 0 Å². The molecule has 0 atom stereocenters. The second-order valence-corrected chi connectivity index (χ2v) is 8.92. The lowest BCUT2D eigenvalue weighted by Crippen LogP contribution is -2.18. The summed E-state index contributed by atoms with van der Waals surface area (Å²) < 4.78 is 63.9. The number of amides is 1. The molecular formula is C20H15ClF3N3O3S. The van der Waals surface area contributed by atoms with Gasteiger partial charge in [-0.15, -0.1) is 0 Å². The van der Waals surface area contributed by atoms with E-state index < -0.39 is 44.1 Å². The molecular weight excluding hydrogens is 455 g/mol. The van der Waals surface area contributed by atoms with Gasteiger partial charge in [0, 0.05) is 5.69 Å².